The number of nitro benzene ring substituents is 1. The zero-order valence-corrected chi connectivity index (χ0v) is 11.8. The van der Waals surface area contributed by atoms with E-state index < -0.39 is 0 Å². The van der Waals surface area contributed by atoms with Crippen molar-refractivity contribution in [3.05, 3.63) is 39.9 Å². The minimum Gasteiger partial charge on any atom is -0.307 e. The number of hydrogen-bond acceptors (Lipinski definition) is 3. The summed E-state index contributed by atoms with van der Waals surface area (Å²) in [6.45, 7) is 6.66. The third kappa shape index (κ3) is 3.13. The predicted molar refractivity (Wildman–Crippen MR) is 76.1 cm³/mol. The van der Waals surface area contributed by atoms with Crippen LogP contribution in [0.4, 0.5) is 5.69 Å². The van der Waals surface area contributed by atoms with Crippen LogP contribution in [0, 0.1) is 15.5 Å². The molecular formula is C15H22N2O2. The molecule has 0 amide bonds. The van der Waals surface area contributed by atoms with Crippen molar-refractivity contribution in [2.24, 2.45) is 5.41 Å². The van der Waals surface area contributed by atoms with Gasteiger partial charge in [-0.3, -0.25) is 10.1 Å². The van der Waals surface area contributed by atoms with Crippen molar-refractivity contribution in [1.82, 2.24) is 5.32 Å². The van der Waals surface area contributed by atoms with Crippen molar-refractivity contribution >= 4 is 5.69 Å². The van der Waals surface area contributed by atoms with Crippen LogP contribution in [0.25, 0.3) is 0 Å². The molecule has 0 radical (unpaired) electrons. The van der Waals surface area contributed by atoms with Gasteiger partial charge in [-0.2, -0.15) is 0 Å². The van der Waals surface area contributed by atoms with E-state index in [1.807, 2.05) is 6.07 Å². The largest absolute Gasteiger partial charge is 0.307 e. The molecule has 4 nitrogen and oxygen atoms in total. The van der Waals surface area contributed by atoms with Crippen molar-refractivity contribution in [1.29, 1.82) is 0 Å². The van der Waals surface area contributed by atoms with Crippen LogP contribution in [0.2, 0.25) is 0 Å². The minimum absolute atomic E-state index is 0.141. The molecule has 0 heterocycles. The number of non-ortho nitro benzene ring substituents is 1. The number of nitrogens with one attached hydrogen (secondary N) is 1. The lowest BCUT2D eigenvalue weighted by molar-refractivity contribution is -0.384. The molecule has 0 aliphatic heterocycles. The maximum atomic E-state index is 10.8. The van der Waals surface area contributed by atoms with Gasteiger partial charge in [0.1, 0.15) is 0 Å². The van der Waals surface area contributed by atoms with Gasteiger partial charge in [0.15, 0.2) is 0 Å². The molecule has 1 aliphatic rings. The van der Waals surface area contributed by atoms with Gasteiger partial charge < -0.3 is 5.32 Å². The lowest BCUT2D eigenvalue weighted by Gasteiger charge is -2.31. The van der Waals surface area contributed by atoms with E-state index in [0.29, 0.717) is 11.5 Å². The molecule has 4 heteroatoms. The summed E-state index contributed by atoms with van der Waals surface area (Å²) in [7, 11) is 0. The topological polar surface area (TPSA) is 55.2 Å². The van der Waals surface area contributed by atoms with Crippen LogP contribution in [0.15, 0.2) is 24.3 Å². The Morgan fingerprint density at radius 2 is 2.21 bits per heavy atom. The summed E-state index contributed by atoms with van der Waals surface area (Å²) in [4.78, 5) is 10.5. The number of benzene rings is 1. The average Bonchev–Trinajstić information content (AvgIpc) is 2.69. The second kappa shape index (κ2) is 5.29. The summed E-state index contributed by atoms with van der Waals surface area (Å²) >= 11 is 0. The number of nitrogens with zero attached hydrogens (tertiary/aromatic N) is 1. The minimum atomic E-state index is -0.338. The Kier molecular flexibility index (Phi) is 3.90. The molecule has 1 saturated carbocycles. The van der Waals surface area contributed by atoms with Crippen molar-refractivity contribution in [2.45, 2.75) is 52.1 Å². The SMILES string of the molecule is CC(NC1CCCC1(C)C)c1cccc([N+](=O)[O-])c1. The Balaban J connectivity index is 2.09. The molecule has 2 atom stereocenters. The number of nitro groups is 1. The first-order valence-corrected chi connectivity index (χ1v) is 6.90. The van der Waals surface area contributed by atoms with E-state index in [0.717, 1.165) is 5.56 Å². The number of hydrogen-bond donors (Lipinski definition) is 1. The van der Waals surface area contributed by atoms with Crippen molar-refractivity contribution < 1.29 is 4.92 Å². The number of rotatable bonds is 4. The van der Waals surface area contributed by atoms with Crippen LogP contribution in [0.5, 0.6) is 0 Å². The van der Waals surface area contributed by atoms with Crippen LogP contribution in [0.3, 0.4) is 0 Å². The van der Waals surface area contributed by atoms with Crippen LogP contribution >= 0.6 is 0 Å². The summed E-state index contributed by atoms with van der Waals surface area (Å²) < 4.78 is 0. The first-order chi connectivity index (χ1) is 8.90. The molecule has 2 unspecified atom stereocenters. The van der Waals surface area contributed by atoms with Crippen LogP contribution in [-0.2, 0) is 0 Å². The summed E-state index contributed by atoms with van der Waals surface area (Å²) in [5.41, 5.74) is 1.46. The molecule has 0 bridgehead atoms. The lowest BCUT2D eigenvalue weighted by atomic mass is 9.86. The van der Waals surface area contributed by atoms with E-state index in [4.69, 9.17) is 0 Å². The highest BCUT2D eigenvalue weighted by Crippen LogP contribution is 2.38. The third-order valence-electron chi connectivity index (χ3n) is 4.29. The van der Waals surface area contributed by atoms with Crippen LogP contribution < -0.4 is 5.32 Å². The molecule has 0 saturated heterocycles. The summed E-state index contributed by atoms with van der Waals surface area (Å²) in [6, 6.07) is 7.54. The molecule has 2 rings (SSSR count). The first-order valence-electron chi connectivity index (χ1n) is 6.90. The van der Waals surface area contributed by atoms with Gasteiger partial charge in [0.05, 0.1) is 4.92 Å². The Hall–Kier alpha value is -1.42. The Labute approximate surface area is 114 Å². The average molecular weight is 262 g/mol. The predicted octanol–water partition coefficient (Wildman–Crippen LogP) is 3.82. The van der Waals surface area contributed by atoms with E-state index in [2.05, 4.69) is 26.1 Å². The monoisotopic (exact) mass is 262 g/mol. The van der Waals surface area contributed by atoms with E-state index in [1.54, 1.807) is 12.1 Å². The maximum Gasteiger partial charge on any atom is 0.269 e. The van der Waals surface area contributed by atoms with Crippen LogP contribution in [0.1, 0.15) is 51.6 Å². The van der Waals surface area contributed by atoms with E-state index >= 15 is 0 Å². The molecule has 1 aliphatic carbocycles. The van der Waals surface area contributed by atoms with E-state index in [1.165, 1.54) is 25.3 Å². The fourth-order valence-corrected chi connectivity index (χ4v) is 2.94. The smallest absolute Gasteiger partial charge is 0.269 e. The third-order valence-corrected chi connectivity index (χ3v) is 4.29. The molecule has 104 valence electrons. The molecule has 1 N–H and O–H groups in total. The summed E-state index contributed by atoms with van der Waals surface area (Å²) in [6.07, 6.45) is 3.69. The van der Waals surface area contributed by atoms with Gasteiger partial charge in [-0.05, 0) is 30.7 Å². The lowest BCUT2D eigenvalue weighted by Crippen LogP contribution is -2.39. The highest BCUT2D eigenvalue weighted by molar-refractivity contribution is 5.35. The fourth-order valence-electron chi connectivity index (χ4n) is 2.94. The molecule has 19 heavy (non-hydrogen) atoms. The molecule has 1 aromatic carbocycles. The second-order valence-electron chi connectivity index (χ2n) is 6.17. The van der Waals surface area contributed by atoms with Crippen molar-refractivity contribution in [2.75, 3.05) is 0 Å². The molecule has 1 aromatic rings. The van der Waals surface area contributed by atoms with Crippen molar-refractivity contribution in [3.63, 3.8) is 0 Å². The molecule has 1 fully saturated rings. The molecule has 0 aromatic heterocycles. The highest BCUT2D eigenvalue weighted by Gasteiger charge is 2.35. The van der Waals surface area contributed by atoms with Gasteiger partial charge in [0, 0.05) is 24.2 Å². The molecule has 0 spiro atoms. The maximum absolute atomic E-state index is 10.8. The van der Waals surface area contributed by atoms with Crippen molar-refractivity contribution in [3.8, 4) is 0 Å². The second-order valence-corrected chi connectivity index (χ2v) is 6.17. The Bertz CT molecular complexity index is 471. The van der Waals surface area contributed by atoms with E-state index in [9.17, 15) is 10.1 Å². The summed E-state index contributed by atoms with van der Waals surface area (Å²) in [5, 5.41) is 14.4. The van der Waals surface area contributed by atoms with Gasteiger partial charge in [-0.15, -0.1) is 0 Å². The van der Waals surface area contributed by atoms with Crippen LogP contribution in [-0.4, -0.2) is 11.0 Å². The molecular weight excluding hydrogens is 240 g/mol. The Morgan fingerprint density at radius 3 is 2.79 bits per heavy atom. The van der Waals surface area contributed by atoms with Gasteiger partial charge in [0.2, 0.25) is 0 Å². The van der Waals surface area contributed by atoms with Gasteiger partial charge in [-0.1, -0.05) is 32.4 Å². The van der Waals surface area contributed by atoms with E-state index in [-0.39, 0.29) is 16.7 Å². The zero-order valence-electron chi connectivity index (χ0n) is 11.8. The van der Waals surface area contributed by atoms with Gasteiger partial charge in [0.25, 0.3) is 5.69 Å². The zero-order chi connectivity index (χ0) is 14.0. The standard InChI is InChI=1S/C15H22N2O2/c1-11(16-14-8-5-9-15(14,2)3)12-6-4-7-13(10-12)17(18)19/h4,6-7,10-11,14,16H,5,8-9H2,1-3H3. The van der Waals surface area contributed by atoms with Gasteiger partial charge in [-0.25, -0.2) is 0 Å². The summed E-state index contributed by atoms with van der Waals surface area (Å²) in [5.74, 6) is 0. The highest BCUT2D eigenvalue weighted by atomic mass is 16.6. The first kappa shape index (κ1) is 14.0. The van der Waals surface area contributed by atoms with Gasteiger partial charge >= 0.3 is 0 Å². The quantitative estimate of drug-likeness (QED) is 0.663. The normalized spacial score (nSPS) is 23.2. The Morgan fingerprint density at radius 1 is 1.47 bits per heavy atom. The fraction of sp³-hybridized carbons (Fsp3) is 0.600.